The van der Waals surface area contributed by atoms with Crippen molar-refractivity contribution in [2.75, 3.05) is 18.1 Å². The van der Waals surface area contributed by atoms with Crippen molar-refractivity contribution >= 4 is 28.2 Å². The van der Waals surface area contributed by atoms with E-state index in [0.29, 0.717) is 10.9 Å². The number of hydrogen-bond acceptors (Lipinski definition) is 4. The van der Waals surface area contributed by atoms with Crippen LogP contribution < -0.4 is 16.4 Å². The molecule has 1 aliphatic carbocycles. The summed E-state index contributed by atoms with van der Waals surface area (Å²) in [7, 11) is 1.81. The molecular formula is C25H27F3N4O. The van der Waals surface area contributed by atoms with E-state index in [0.717, 1.165) is 48.6 Å². The third-order valence-corrected chi connectivity index (χ3v) is 6.44. The molecule has 3 aromatic rings. The molecule has 33 heavy (non-hydrogen) atoms. The number of aryl methyl sites for hydroxylation is 1. The first-order chi connectivity index (χ1) is 15.7. The zero-order valence-corrected chi connectivity index (χ0v) is 18.6. The minimum atomic E-state index is -4.55. The summed E-state index contributed by atoms with van der Waals surface area (Å²) in [6.45, 7) is 1.95. The lowest BCUT2D eigenvalue weighted by Crippen LogP contribution is -2.37. The van der Waals surface area contributed by atoms with Gasteiger partial charge in [-0.05, 0) is 80.0 Å². The molecule has 1 saturated carbocycles. The number of amides is 1. The van der Waals surface area contributed by atoms with E-state index in [-0.39, 0.29) is 29.1 Å². The van der Waals surface area contributed by atoms with Crippen LogP contribution in [0.15, 0.2) is 42.5 Å². The van der Waals surface area contributed by atoms with Gasteiger partial charge in [0.15, 0.2) is 0 Å². The lowest BCUT2D eigenvalue weighted by atomic mass is 9.78. The Hall–Kier alpha value is -3.29. The monoisotopic (exact) mass is 456 g/mol. The fraction of sp³-hybridized carbons (Fsp3) is 0.360. The fourth-order valence-electron chi connectivity index (χ4n) is 4.77. The molecule has 4 rings (SSSR count). The first-order valence-corrected chi connectivity index (χ1v) is 11.0. The van der Waals surface area contributed by atoms with E-state index in [1.165, 1.54) is 0 Å². The molecule has 1 amide bonds. The smallest absolute Gasteiger partial charge is 0.398 e. The van der Waals surface area contributed by atoms with Gasteiger partial charge in [-0.2, -0.15) is 13.2 Å². The van der Waals surface area contributed by atoms with Gasteiger partial charge in [-0.25, -0.2) is 4.98 Å². The van der Waals surface area contributed by atoms with E-state index in [1.54, 1.807) is 19.2 Å². The molecule has 0 atom stereocenters. The number of fused-ring (bicyclic) bond motifs is 1. The summed E-state index contributed by atoms with van der Waals surface area (Å²) < 4.78 is 39.6. The zero-order valence-electron chi connectivity index (χ0n) is 18.6. The first-order valence-electron chi connectivity index (χ1n) is 11.0. The Labute approximate surface area is 190 Å². The number of halogens is 3. The molecular weight excluding hydrogens is 429 g/mol. The largest absolute Gasteiger partial charge is 0.433 e. The Morgan fingerprint density at radius 1 is 1.09 bits per heavy atom. The number of rotatable bonds is 4. The summed E-state index contributed by atoms with van der Waals surface area (Å²) >= 11 is 0. The van der Waals surface area contributed by atoms with Gasteiger partial charge in [-0.15, -0.1) is 0 Å². The standard InChI is InChI=1S/C25H27F3N4O/c1-14-6-11-20-23(19(29)13-21(32-20)25(26,27)28)22(14)15-7-9-17(10-8-15)31-24(33)16-4-3-5-18(12-16)30-2/h3-6,11-13,15,17,30H,7-10H2,1-2H3,(H2,29,32)(H,31,33). The Morgan fingerprint density at radius 3 is 2.48 bits per heavy atom. The number of benzene rings is 2. The molecule has 0 radical (unpaired) electrons. The van der Waals surface area contributed by atoms with E-state index >= 15 is 0 Å². The molecule has 4 N–H and O–H groups in total. The number of nitrogens with zero attached hydrogens (tertiary/aromatic N) is 1. The number of carbonyl (C=O) groups excluding carboxylic acids is 1. The third-order valence-electron chi connectivity index (χ3n) is 6.44. The third kappa shape index (κ3) is 4.74. The Kier molecular flexibility index (Phi) is 6.19. The van der Waals surface area contributed by atoms with E-state index in [4.69, 9.17) is 5.73 Å². The Morgan fingerprint density at radius 2 is 1.82 bits per heavy atom. The van der Waals surface area contributed by atoms with Crippen LogP contribution in [-0.2, 0) is 6.18 Å². The molecule has 1 fully saturated rings. The molecule has 8 heteroatoms. The SMILES string of the molecule is CNc1cccc(C(=O)NC2CCC(c3c(C)ccc4nc(C(F)(F)F)cc(N)c34)CC2)c1. The van der Waals surface area contributed by atoms with Crippen LogP contribution in [0.4, 0.5) is 24.5 Å². The number of pyridine rings is 1. The van der Waals surface area contributed by atoms with Gasteiger partial charge in [-0.1, -0.05) is 12.1 Å². The van der Waals surface area contributed by atoms with E-state index in [1.807, 2.05) is 31.2 Å². The van der Waals surface area contributed by atoms with Gasteiger partial charge in [0.2, 0.25) is 0 Å². The number of carbonyl (C=O) groups is 1. The van der Waals surface area contributed by atoms with Gasteiger partial charge in [0.05, 0.1) is 5.52 Å². The maximum atomic E-state index is 13.2. The van der Waals surface area contributed by atoms with Crippen molar-refractivity contribution in [3.8, 4) is 0 Å². The van der Waals surface area contributed by atoms with Crippen molar-refractivity contribution in [2.45, 2.75) is 50.7 Å². The number of nitrogens with one attached hydrogen (secondary N) is 2. The van der Waals surface area contributed by atoms with Crippen molar-refractivity contribution in [3.05, 3.63) is 64.8 Å². The van der Waals surface area contributed by atoms with Crippen molar-refractivity contribution in [2.24, 2.45) is 0 Å². The second-order valence-electron chi connectivity index (χ2n) is 8.64. The first kappa shape index (κ1) is 22.9. The minimum absolute atomic E-state index is 0.0505. The molecule has 5 nitrogen and oxygen atoms in total. The van der Waals surface area contributed by atoms with Crippen molar-refractivity contribution in [3.63, 3.8) is 0 Å². The molecule has 0 bridgehead atoms. The van der Waals surface area contributed by atoms with Crippen molar-refractivity contribution in [1.82, 2.24) is 10.3 Å². The Bertz CT molecular complexity index is 1180. The average molecular weight is 457 g/mol. The molecule has 2 aromatic carbocycles. The Balaban J connectivity index is 1.52. The quantitative estimate of drug-likeness (QED) is 0.475. The summed E-state index contributed by atoms with van der Waals surface area (Å²) in [4.78, 5) is 16.5. The molecule has 0 spiro atoms. The van der Waals surface area contributed by atoms with Gasteiger partial charge in [0.25, 0.3) is 5.91 Å². The number of alkyl halides is 3. The maximum Gasteiger partial charge on any atom is 0.433 e. The van der Waals surface area contributed by atoms with Gasteiger partial charge >= 0.3 is 6.18 Å². The van der Waals surface area contributed by atoms with Gasteiger partial charge in [0.1, 0.15) is 5.69 Å². The van der Waals surface area contributed by atoms with Crippen LogP contribution in [-0.4, -0.2) is 24.0 Å². The van der Waals surface area contributed by atoms with E-state index in [2.05, 4.69) is 15.6 Å². The van der Waals surface area contributed by atoms with Crippen LogP contribution in [0.25, 0.3) is 10.9 Å². The lowest BCUT2D eigenvalue weighted by Gasteiger charge is -2.31. The maximum absolute atomic E-state index is 13.2. The number of nitrogens with two attached hydrogens (primary N) is 1. The molecule has 0 saturated heterocycles. The van der Waals surface area contributed by atoms with E-state index in [9.17, 15) is 18.0 Å². The van der Waals surface area contributed by atoms with Gasteiger partial charge in [-0.3, -0.25) is 4.79 Å². The molecule has 0 aliphatic heterocycles. The lowest BCUT2D eigenvalue weighted by molar-refractivity contribution is -0.140. The molecule has 1 aliphatic rings. The molecule has 1 heterocycles. The molecule has 1 aromatic heterocycles. The highest BCUT2D eigenvalue weighted by Gasteiger charge is 2.34. The molecule has 0 unspecified atom stereocenters. The summed E-state index contributed by atoms with van der Waals surface area (Å²) in [5.41, 5.74) is 8.94. The van der Waals surface area contributed by atoms with Crippen LogP contribution in [0.1, 0.15) is 58.8 Å². The van der Waals surface area contributed by atoms with Crippen LogP contribution in [0, 0.1) is 6.92 Å². The second kappa shape index (κ2) is 8.92. The van der Waals surface area contributed by atoms with Crippen molar-refractivity contribution in [1.29, 1.82) is 0 Å². The van der Waals surface area contributed by atoms with Gasteiger partial charge in [0, 0.05) is 35.4 Å². The average Bonchev–Trinajstić information content (AvgIpc) is 2.79. The summed E-state index contributed by atoms with van der Waals surface area (Å²) in [6, 6.07) is 11.7. The van der Waals surface area contributed by atoms with Crippen molar-refractivity contribution < 1.29 is 18.0 Å². The predicted octanol–water partition coefficient (Wildman–Crippen LogP) is 5.64. The van der Waals surface area contributed by atoms with E-state index < -0.39 is 11.9 Å². The normalized spacial score (nSPS) is 18.8. The van der Waals surface area contributed by atoms with Crippen LogP contribution in [0.3, 0.4) is 0 Å². The van der Waals surface area contributed by atoms with Gasteiger partial charge < -0.3 is 16.4 Å². The highest BCUT2D eigenvalue weighted by atomic mass is 19.4. The predicted molar refractivity (Wildman–Crippen MR) is 124 cm³/mol. The van der Waals surface area contributed by atoms with Crippen LogP contribution >= 0.6 is 0 Å². The summed E-state index contributed by atoms with van der Waals surface area (Å²) in [6.07, 6.45) is -1.36. The number of anilines is 2. The minimum Gasteiger partial charge on any atom is -0.398 e. The summed E-state index contributed by atoms with van der Waals surface area (Å²) in [5, 5.41) is 6.76. The number of hydrogen-bond donors (Lipinski definition) is 3. The number of nitrogen functional groups attached to an aromatic ring is 1. The highest BCUT2D eigenvalue weighted by molar-refractivity contribution is 5.96. The molecule has 174 valence electrons. The highest BCUT2D eigenvalue weighted by Crippen LogP contribution is 2.41. The van der Waals surface area contributed by atoms with Crippen LogP contribution in [0.2, 0.25) is 0 Å². The summed E-state index contributed by atoms with van der Waals surface area (Å²) in [5.74, 6) is 0.0420. The number of aromatic nitrogens is 1. The second-order valence-corrected chi connectivity index (χ2v) is 8.64. The zero-order chi connectivity index (χ0) is 23.8. The van der Waals surface area contributed by atoms with Crippen LogP contribution in [0.5, 0.6) is 0 Å². The fourth-order valence-corrected chi connectivity index (χ4v) is 4.77. The topological polar surface area (TPSA) is 80.0 Å².